The van der Waals surface area contributed by atoms with Crippen LogP contribution in [0.15, 0.2) is 24.3 Å². The molecule has 0 fully saturated rings. The molecule has 1 aromatic carbocycles. The Morgan fingerprint density at radius 3 is 2.32 bits per heavy atom. The van der Waals surface area contributed by atoms with Gasteiger partial charge in [0.05, 0.1) is 7.11 Å². The molecule has 0 radical (unpaired) electrons. The van der Waals surface area contributed by atoms with Crippen molar-refractivity contribution in [3.05, 3.63) is 41.0 Å². The molecule has 2 heteroatoms. The van der Waals surface area contributed by atoms with Crippen LogP contribution in [0.25, 0.3) is 5.57 Å². The second kappa shape index (κ2) is 7.78. The van der Waals surface area contributed by atoms with Crippen molar-refractivity contribution in [3.8, 4) is 0 Å². The Bertz CT molecular complexity index is 438. The Labute approximate surface area is 116 Å². The predicted octanol–water partition coefficient (Wildman–Crippen LogP) is 4.44. The standard InChI is InChI=1S/C17H24O2/c1-5-6-7-8-15(12-17(18)19-4)16-10-13(2)9-14(3)11-16/h9-12H,5-8H2,1-4H3/b15-12+. The normalized spacial score (nSPS) is 11.5. The number of rotatable bonds is 6. The van der Waals surface area contributed by atoms with Crippen LogP contribution in [-0.4, -0.2) is 13.1 Å². The number of hydrogen-bond donors (Lipinski definition) is 0. The summed E-state index contributed by atoms with van der Waals surface area (Å²) in [7, 11) is 1.42. The van der Waals surface area contributed by atoms with E-state index in [2.05, 4.69) is 39.0 Å². The summed E-state index contributed by atoms with van der Waals surface area (Å²) < 4.78 is 4.75. The van der Waals surface area contributed by atoms with Gasteiger partial charge in [-0.05, 0) is 37.8 Å². The molecule has 1 aromatic rings. The number of esters is 1. The van der Waals surface area contributed by atoms with Crippen LogP contribution in [0.4, 0.5) is 0 Å². The lowest BCUT2D eigenvalue weighted by Gasteiger charge is -2.10. The number of unbranched alkanes of at least 4 members (excludes halogenated alkanes) is 2. The van der Waals surface area contributed by atoms with E-state index < -0.39 is 0 Å². The van der Waals surface area contributed by atoms with E-state index in [9.17, 15) is 4.79 Å². The molecule has 0 bridgehead atoms. The van der Waals surface area contributed by atoms with E-state index in [1.807, 2.05) is 0 Å². The molecule has 0 N–H and O–H groups in total. The van der Waals surface area contributed by atoms with E-state index in [1.54, 1.807) is 6.08 Å². The van der Waals surface area contributed by atoms with E-state index in [-0.39, 0.29) is 5.97 Å². The average Bonchev–Trinajstić information content (AvgIpc) is 2.36. The van der Waals surface area contributed by atoms with Crippen LogP contribution in [0.3, 0.4) is 0 Å². The van der Waals surface area contributed by atoms with Crippen molar-refractivity contribution in [3.63, 3.8) is 0 Å². The number of hydrogen-bond acceptors (Lipinski definition) is 2. The first-order chi connectivity index (χ1) is 9.06. The predicted molar refractivity (Wildman–Crippen MR) is 80.1 cm³/mol. The van der Waals surface area contributed by atoms with E-state index in [1.165, 1.54) is 31.1 Å². The fraction of sp³-hybridized carbons (Fsp3) is 0.471. The van der Waals surface area contributed by atoms with Crippen molar-refractivity contribution in [2.75, 3.05) is 7.11 Å². The number of ether oxygens (including phenoxy) is 1. The minimum absolute atomic E-state index is 0.273. The fourth-order valence-corrected chi connectivity index (χ4v) is 2.23. The van der Waals surface area contributed by atoms with Crippen LogP contribution in [0.5, 0.6) is 0 Å². The van der Waals surface area contributed by atoms with Gasteiger partial charge in [0, 0.05) is 6.08 Å². The van der Waals surface area contributed by atoms with E-state index in [4.69, 9.17) is 4.74 Å². The van der Waals surface area contributed by atoms with Crippen LogP contribution < -0.4 is 0 Å². The maximum Gasteiger partial charge on any atom is 0.330 e. The van der Waals surface area contributed by atoms with Gasteiger partial charge in [0.15, 0.2) is 0 Å². The highest BCUT2D eigenvalue weighted by Gasteiger charge is 2.06. The smallest absolute Gasteiger partial charge is 0.330 e. The van der Waals surface area contributed by atoms with Gasteiger partial charge >= 0.3 is 5.97 Å². The van der Waals surface area contributed by atoms with Gasteiger partial charge in [0.2, 0.25) is 0 Å². The number of benzene rings is 1. The van der Waals surface area contributed by atoms with Gasteiger partial charge in [-0.15, -0.1) is 0 Å². The van der Waals surface area contributed by atoms with Gasteiger partial charge in [0.1, 0.15) is 0 Å². The summed E-state index contributed by atoms with van der Waals surface area (Å²) in [5.41, 5.74) is 4.66. The van der Waals surface area contributed by atoms with Crippen LogP contribution in [0.1, 0.15) is 49.3 Å². The first-order valence-electron chi connectivity index (χ1n) is 6.94. The summed E-state index contributed by atoms with van der Waals surface area (Å²) in [6.07, 6.45) is 6.02. The van der Waals surface area contributed by atoms with Crippen LogP contribution in [0, 0.1) is 13.8 Å². The number of allylic oxidation sites excluding steroid dienone is 1. The third kappa shape index (κ3) is 5.29. The molecule has 0 aliphatic heterocycles. The fourth-order valence-electron chi connectivity index (χ4n) is 2.23. The molecule has 0 unspecified atom stereocenters. The van der Waals surface area contributed by atoms with Gasteiger partial charge in [-0.1, -0.05) is 49.1 Å². The first kappa shape index (κ1) is 15.5. The third-order valence-corrected chi connectivity index (χ3v) is 3.14. The molecule has 1 rings (SSSR count). The molecule has 2 nitrogen and oxygen atoms in total. The highest BCUT2D eigenvalue weighted by atomic mass is 16.5. The molecule has 19 heavy (non-hydrogen) atoms. The minimum Gasteiger partial charge on any atom is -0.466 e. The van der Waals surface area contributed by atoms with Crippen LogP contribution in [0.2, 0.25) is 0 Å². The van der Waals surface area contributed by atoms with Gasteiger partial charge in [-0.25, -0.2) is 4.79 Å². The highest BCUT2D eigenvalue weighted by molar-refractivity contribution is 5.91. The van der Waals surface area contributed by atoms with E-state index in [0.717, 1.165) is 24.0 Å². The molecule has 0 heterocycles. The van der Waals surface area contributed by atoms with Crippen molar-refractivity contribution >= 4 is 11.5 Å². The quantitative estimate of drug-likeness (QED) is 0.429. The summed E-state index contributed by atoms with van der Waals surface area (Å²) in [5, 5.41) is 0. The molecule has 0 atom stereocenters. The Hall–Kier alpha value is -1.57. The topological polar surface area (TPSA) is 26.3 Å². The van der Waals surface area contributed by atoms with Crippen molar-refractivity contribution in [2.45, 2.75) is 46.5 Å². The maximum atomic E-state index is 11.5. The third-order valence-electron chi connectivity index (χ3n) is 3.14. The molecular formula is C17H24O2. The highest BCUT2D eigenvalue weighted by Crippen LogP contribution is 2.23. The van der Waals surface area contributed by atoms with Crippen molar-refractivity contribution in [2.24, 2.45) is 0 Å². The monoisotopic (exact) mass is 260 g/mol. The molecule has 0 saturated carbocycles. The molecular weight excluding hydrogens is 236 g/mol. The summed E-state index contributed by atoms with van der Waals surface area (Å²) in [4.78, 5) is 11.5. The Kier molecular flexibility index (Phi) is 6.34. The molecule has 0 aliphatic carbocycles. The summed E-state index contributed by atoms with van der Waals surface area (Å²) >= 11 is 0. The van der Waals surface area contributed by atoms with E-state index >= 15 is 0 Å². The summed E-state index contributed by atoms with van der Waals surface area (Å²) in [5.74, 6) is -0.273. The molecule has 0 spiro atoms. The second-order valence-corrected chi connectivity index (χ2v) is 5.03. The average molecular weight is 260 g/mol. The molecule has 104 valence electrons. The maximum absolute atomic E-state index is 11.5. The van der Waals surface area contributed by atoms with Crippen molar-refractivity contribution in [1.29, 1.82) is 0 Å². The minimum atomic E-state index is -0.273. The summed E-state index contributed by atoms with van der Waals surface area (Å²) in [6, 6.07) is 6.41. The van der Waals surface area contributed by atoms with Crippen LogP contribution >= 0.6 is 0 Å². The lowest BCUT2D eigenvalue weighted by molar-refractivity contribution is -0.134. The van der Waals surface area contributed by atoms with Crippen molar-refractivity contribution in [1.82, 2.24) is 0 Å². The number of methoxy groups -OCH3 is 1. The Balaban J connectivity index is 3.00. The number of carbonyl (C=O) groups is 1. The molecule has 0 aromatic heterocycles. The first-order valence-corrected chi connectivity index (χ1v) is 6.94. The summed E-state index contributed by atoms with van der Waals surface area (Å²) in [6.45, 7) is 6.34. The zero-order chi connectivity index (χ0) is 14.3. The van der Waals surface area contributed by atoms with Gasteiger partial charge in [-0.3, -0.25) is 0 Å². The number of aryl methyl sites for hydroxylation is 2. The Morgan fingerprint density at radius 2 is 1.79 bits per heavy atom. The zero-order valence-electron chi connectivity index (χ0n) is 12.5. The second-order valence-electron chi connectivity index (χ2n) is 5.03. The van der Waals surface area contributed by atoms with E-state index in [0.29, 0.717) is 0 Å². The lowest BCUT2D eigenvalue weighted by Crippen LogP contribution is -1.98. The van der Waals surface area contributed by atoms with Crippen molar-refractivity contribution < 1.29 is 9.53 Å². The zero-order valence-corrected chi connectivity index (χ0v) is 12.5. The molecule has 0 saturated heterocycles. The largest absolute Gasteiger partial charge is 0.466 e. The van der Waals surface area contributed by atoms with Gasteiger partial charge in [-0.2, -0.15) is 0 Å². The molecule has 0 aliphatic rings. The lowest BCUT2D eigenvalue weighted by atomic mass is 9.96. The Morgan fingerprint density at radius 1 is 1.16 bits per heavy atom. The SMILES string of the molecule is CCCCC/C(=C\C(=O)OC)c1cc(C)cc(C)c1. The van der Waals surface area contributed by atoms with Crippen LogP contribution in [-0.2, 0) is 9.53 Å². The molecule has 0 amide bonds. The van der Waals surface area contributed by atoms with Gasteiger partial charge in [0.25, 0.3) is 0 Å². The van der Waals surface area contributed by atoms with Gasteiger partial charge < -0.3 is 4.74 Å². The number of carbonyl (C=O) groups excluding carboxylic acids is 1.